The molecule has 0 unspecified atom stereocenters. The maximum atomic E-state index is 12.3. The van der Waals surface area contributed by atoms with Crippen molar-refractivity contribution in [3.05, 3.63) is 29.3 Å². The van der Waals surface area contributed by atoms with E-state index in [4.69, 9.17) is 28.6 Å². The Morgan fingerprint density at radius 1 is 1.22 bits per heavy atom. The molecule has 2 aliphatic heterocycles. The molecule has 0 saturated carbocycles. The highest BCUT2D eigenvalue weighted by Crippen LogP contribution is 2.21. The van der Waals surface area contributed by atoms with E-state index in [1.807, 2.05) is 29.2 Å². The van der Waals surface area contributed by atoms with Gasteiger partial charge in [0.1, 0.15) is 6.10 Å². The number of para-hydroxylation sites is 1. The Kier molecular flexibility index (Phi) is 5.35. The molecule has 0 aromatic heterocycles. The van der Waals surface area contributed by atoms with Gasteiger partial charge in [0.05, 0.1) is 10.7 Å². The van der Waals surface area contributed by atoms with Gasteiger partial charge in [-0.15, -0.1) is 0 Å². The average Bonchev–Trinajstić information content (AvgIpc) is 3.11. The van der Waals surface area contributed by atoms with Crippen molar-refractivity contribution in [3.63, 3.8) is 0 Å². The third-order valence-electron chi connectivity index (χ3n) is 4.20. The molecule has 0 spiro atoms. The average molecular weight is 354 g/mol. The van der Waals surface area contributed by atoms with Gasteiger partial charge < -0.3 is 19.9 Å². The van der Waals surface area contributed by atoms with Crippen molar-refractivity contribution in [2.45, 2.75) is 18.9 Å². The van der Waals surface area contributed by atoms with Crippen LogP contribution in [0.5, 0.6) is 0 Å². The van der Waals surface area contributed by atoms with Crippen molar-refractivity contribution in [1.29, 1.82) is 0 Å². The van der Waals surface area contributed by atoms with Crippen LogP contribution in [0.4, 0.5) is 5.69 Å². The molecular formula is C16H20ClN3O2S. The summed E-state index contributed by atoms with van der Waals surface area (Å²) in [4.78, 5) is 16.3. The van der Waals surface area contributed by atoms with Crippen LogP contribution < -0.4 is 5.32 Å². The van der Waals surface area contributed by atoms with Gasteiger partial charge in [0.2, 0.25) is 0 Å². The SMILES string of the molecule is O=C([C@H]1CCCO1)N1CCN(C(=S)Nc2ccccc2Cl)CC1. The van der Waals surface area contributed by atoms with E-state index in [1.165, 1.54) is 0 Å². The van der Waals surface area contributed by atoms with Crippen molar-refractivity contribution < 1.29 is 9.53 Å². The van der Waals surface area contributed by atoms with Gasteiger partial charge in [-0.2, -0.15) is 0 Å². The molecule has 2 saturated heterocycles. The standard InChI is InChI=1S/C16H20ClN3O2S/c17-12-4-1-2-5-13(12)18-16(23)20-9-7-19(8-10-20)15(21)14-6-3-11-22-14/h1-2,4-5,14H,3,6-11H2,(H,18,23)/t14-/m1/s1. The zero-order valence-corrected chi connectivity index (χ0v) is 14.4. The van der Waals surface area contributed by atoms with Crippen LogP contribution in [0, 0.1) is 0 Å². The molecule has 23 heavy (non-hydrogen) atoms. The number of hydrogen-bond acceptors (Lipinski definition) is 3. The van der Waals surface area contributed by atoms with Gasteiger partial charge in [0, 0.05) is 32.8 Å². The largest absolute Gasteiger partial charge is 0.368 e. The van der Waals surface area contributed by atoms with Gasteiger partial charge in [-0.25, -0.2) is 0 Å². The van der Waals surface area contributed by atoms with Crippen LogP contribution in [-0.4, -0.2) is 59.7 Å². The number of nitrogens with one attached hydrogen (secondary N) is 1. The number of piperazine rings is 1. The Hall–Kier alpha value is -1.37. The van der Waals surface area contributed by atoms with Crippen molar-refractivity contribution in [3.8, 4) is 0 Å². The van der Waals surface area contributed by atoms with Gasteiger partial charge in [0.15, 0.2) is 5.11 Å². The Bertz CT molecular complexity index is 584. The maximum absolute atomic E-state index is 12.3. The number of carbonyl (C=O) groups is 1. The van der Waals surface area contributed by atoms with E-state index in [2.05, 4.69) is 10.2 Å². The van der Waals surface area contributed by atoms with Crippen LogP contribution in [-0.2, 0) is 9.53 Å². The summed E-state index contributed by atoms with van der Waals surface area (Å²) in [7, 11) is 0. The van der Waals surface area contributed by atoms with E-state index in [9.17, 15) is 4.79 Å². The fraction of sp³-hybridized carbons (Fsp3) is 0.500. The van der Waals surface area contributed by atoms with E-state index in [0.29, 0.717) is 29.8 Å². The zero-order valence-electron chi connectivity index (χ0n) is 12.8. The highest BCUT2D eigenvalue weighted by atomic mass is 35.5. The van der Waals surface area contributed by atoms with E-state index in [1.54, 1.807) is 0 Å². The molecule has 124 valence electrons. The molecule has 2 heterocycles. The van der Waals surface area contributed by atoms with E-state index < -0.39 is 0 Å². The molecule has 1 aromatic rings. The summed E-state index contributed by atoms with van der Waals surface area (Å²) in [6.07, 6.45) is 1.57. The smallest absolute Gasteiger partial charge is 0.251 e. The van der Waals surface area contributed by atoms with Crippen molar-refractivity contribution in [2.75, 3.05) is 38.1 Å². The highest BCUT2D eigenvalue weighted by molar-refractivity contribution is 7.80. The second-order valence-electron chi connectivity index (χ2n) is 5.72. The third kappa shape index (κ3) is 3.94. The Labute approximate surface area is 146 Å². The Balaban J connectivity index is 1.51. The van der Waals surface area contributed by atoms with E-state index >= 15 is 0 Å². The first kappa shape index (κ1) is 16.5. The van der Waals surface area contributed by atoms with Gasteiger partial charge in [-0.05, 0) is 37.2 Å². The fourth-order valence-electron chi connectivity index (χ4n) is 2.86. The number of ether oxygens (including phenoxy) is 1. The molecule has 1 N–H and O–H groups in total. The molecule has 1 amide bonds. The van der Waals surface area contributed by atoms with Crippen LogP contribution in [0.2, 0.25) is 5.02 Å². The van der Waals surface area contributed by atoms with Gasteiger partial charge in [-0.1, -0.05) is 23.7 Å². The molecule has 2 aliphatic rings. The summed E-state index contributed by atoms with van der Waals surface area (Å²) in [5.41, 5.74) is 0.803. The van der Waals surface area contributed by atoms with Crippen molar-refractivity contribution >= 4 is 40.5 Å². The molecule has 0 aliphatic carbocycles. The lowest BCUT2D eigenvalue weighted by Crippen LogP contribution is -2.53. The van der Waals surface area contributed by atoms with E-state index in [0.717, 1.165) is 31.6 Å². The molecule has 1 atom stereocenters. The summed E-state index contributed by atoms with van der Waals surface area (Å²) >= 11 is 11.6. The molecule has 7 heteroatoms. The lowest BCUT2D eigenvalue weighted by Gasteiger charge is -2.37. The molecule has 0 bridgehead atoms. The fourth-order valence-corrected chi connectivity index (χ4v) is 3.34. The molecule has 5 nitrogen and oxygen atoms in total. The third-order valence-corrected chi connectivity index (χ3v) is 4.89. The normalized spacial score (nSPS) is 21.3. The number of rotatable bonds is 2. The second-order valence-corrected chi connectivity index (χ2v) is 6.52. The highest BCUT2D eigenvalue weighted by Gasteiger charge is 2.30. The Morgan fingerprint density at radius 2 is 1.91 bits per heavy atom. The number of carbonyl (C=O) groups excluding carboxylic acids is 1. The minimum atomic E-state index is -0.241. The first-order valence-electron chi connectivity index (χ1n) is 7.86. The van der Waals surface area contributed by atoms with Crippen LogP contribution in [0.3, 0.4) is 0 Å². The topological polar surface area (TPSA) is 44.8 Å². The lowest BCUT2D eigenvalue weighted by molar-refractivity contribution is -0.142. The van der Waals surface area contributed by atoms with Gasteiger partial charge in [-0.3, -0.25) is 4.79 Å². The first-order valence-corrected chi connectivity index (χ1v) is 8.64. The number of hydrogen-bond donors (Lipinski definition) is 1. The minimum absolute atomic E-state index is 0.118. The summed E-state index contributed by atoms with van der Waals surface area (Å²) in [5, 5.41) is 4.46. The predicted molar refractivity (Wildman–Crippen MR) is 94.8 cm³/mol. The molecule has 3 rings (SSSR count). The van der Waals surface area contributed by atoms with Crippen molar-refractivity contribution in [1.82, 2.24) is 9.80 Å². The van der Waals surface area contributed by atoms with Crippen LogP contribution >= 0.6 is 23.8 Å². The number of anilines is 1. The summed E-state index contributed by atoms with van der Waals surface area (Å²) in [6, 6.07) is 7.51. The predicted octanol–water partition coefficient (Wildman–Crippen LogP) is 2.36. The van der Waals surface area contributed by atoms with Crippen LogP contribution in [0.1, 0.15) is 12.8 Å². The number of halogens is 1. The summed E-state index contributed by atoms with van der Waals surface area (Å²) in [5.74, 6) is 0.118. The molecule has 2 fully saturated rings. The van der Waals surface area contributed by atoms with Crippen LogP contribution in [0.25, 0.3) is 0 Å². The second kappa shape index (κ2) is 7.47. The van der Waals surface area contributed by atoms with E-state index in [-0.39, 0.29) is 12.0 Å². The summed E-state index contributed by atoms with van der Waals surface area (Å²) < 4.78 is 5.48. The van der Waals surface area contributed by atoms with Gasteiger partial charge in [0.25, 0.3) is 5.91 Å². The lowest BCUT2D eigenvalue weighted by atomic mass is 10.2. The molecular weight excluding hydrogens is 334 g/mol. The monoisotopic (exact) mass is 353 g/mol. The molecule has 0 radical (unpaired) electrons. The number of benzene rings is 1. The number of thiocarbonyl (C=S) groups is 1. The molecule has 1 aromatic carbocycles. The first-order chi connectivity index (χ1) is 11.1. The zero-order chi connectivity index (χ0) is 16.2. The maximum Gasteiger partial charge on any atom is 0.251 e. The van der Waals surface area contributed by atoms with Crippen molar-refractivity contribution in [2.24, 2.45) is 0 Å². The minimum Gasteiger partial charge on any atom is -0.368 e. The Morgan fingerprint density at radius 3 is 2.57 bits per heavy atom. The van der Waals surface area contributed by atoms with Gasteiger partial charge >= 0.3 is 0 Å². The van der Waals surface area contributed by atoms with Crippen LogP contribution in [0.15, 0.2) is 24.3 Å². The summed E-state index contributed by atoms with van der Waals surface area (Å²) in [6.45, 7) is 3.47. The quantitative estimate of drug-likeness (QED) is 0.827. The number of amides is 1. The number of nitrogens with zero attached hydrogens (tertiary/aromatic N) is 2.